The van der Waals surface area contributed by atoms with Crippen LogP contribution in [0.25, 0.3) is 0 Å². The second-order valence-corrected chi connectivity index (χ2v) is 5.95. The molecule has 0 saturated heterocycles. The zero-order valence-corrected chi connectivity index (χ0v) is 16.0. The van der Waals surface area contributed by atoms with E-state index in [-0.39, 0.29) is 30.7 Å². The van der Waals surface area contributed by atoms with E-state index >= 15 is 0 Å². The number of carbonyl (C=O) groups excluding carboxylic acids is 3. The molecule has 28 heavy (non-hydrogen) atoms. The van der Waals surface area contributed by atoms with Crippen molar-refractivity contribution in [2.24, 2.45) is 0 Å². The van der Waals surface area contributed by atoms with E-state index in [1.165, 1.54) is 21.1 Å². The SMILES string of the molecule is COc1ccc(CC(=O)NCC(=O)Nc2ccc(NC(C)=O)cc2)cc1OC. The molecule has 0 heterocycles. The van der Waals surface area contributed by atoms with Crippen LogP contribution in [0, 0.1) is 0 Å². The van der Waals surface area contributed by atoms with E-state index in [0.29, 0.717) is 22.9 Å². The van der Waals surface area contributed by atoms with Crippen LogP contribution >= 0.6 is 0 Å². The Labute approximate surface area is 163 Å². The molecule has 0 radical (unpaired) electrons. The summed E-state index contributed by atoms with van der Waals surface area (Å²) in [4.78, 5) is 35.0. The molecule has 2 aromatic rings. The van der Waals surface area contributed by atoms with Gasteiger partial charge in [-0.3, -0.25) is 14.4 Å². The first-order valence-electron chi connectivity index (χ1n) is 8.56. The quantitative estimate of drug-likeness (QED) is 0.644. The smallest absolute Gasteiger partial charge is 0.243 e. The predicted molar refractivity (Wildman–Crippen MR) is 106 cm³/mol. The molecule has 0 spiro atoms. The molecule has 0 saturated carbocycles. The first-order chi connectivity index (χ1) is 13.4. The van der Waals surface area contributed by atoms with Crippen LogP contribution in [0.1, 0.15) is 12.5 Å². The van der Waals surface area contributed by atoms with Gasteiger partial charge < -0.3 is 25.4 Å². The van der Waals surface area contributed by atoms with Gasteiger partial charge >= 0.3 is 0 Å². The van der Waals surface area contributed by atoms with Crippen LogP contribution in [0.15, 0.2) is 42.5 Å². The van der Waals surface area contributed by atoms with E-state index < -0.39 is 0 Å². The van der Waals surface area contributed by atoms with Crippen LogP contribution in [0.2, 0.25) is 0 Å². The van der Waals surface area contributed by atoms with Gasteiger partial charge in [0.1, 0.15) is 0 Å². The average molecular weight is 385 g/mol. The molecule has 3 N–H and O–H groups in total. The van der Waals surface area contributed by atoms with Crippen molar-refractivity contribution in [1.29, 1.82) is 0 Å². The van der Waals surface area contributed by atoms with E-state index in [0.717, 1.165) is 5.56 Å². The average Bonchev–Trinajstić information content (AvgIpc) is 2.67. The Morgan fingerprint density at radius 3 is 2.00 bits per heavy atom. The summed E-state index contributed by atoms with van der Waals surface area (Å²) < 4.78 is 10.4. The Hall–Kier alpha value is -3.55. The summed E-state index contributed by atoms with van der Waals surface area (Å²) >= 11 is 0. The summed E-state index contributed by atoms with van der Waals surface area (Å²) in [5.74, 6) is 0.300. The number of methoxy groups -OCH3 is 2. The lowest BCUT2D eigenvalue weighted by Gasteiger charge is -2.10. The fourth-order valence-electron chi connectivity index (χ4n) is 2.46. The van der Waals surface area contributed by atoms with Crippen LogP contribution in [0.5, 0.6) is 11.5 Å². The van der Waals surface area contributed by atoms with Crippen LogP contribution in [-0.4, -0.2) is 38.5 Å². The van der Waals surface area contributed by atoms with Crippen molar-refractivity contribution in [3.8, 4) is 11.5 Å². The highest BCUT2D eigenvalue weighted by Crippen LogP contribution is 2.27. The number of rotatable bonds is 8. The molecule has 8 heteroatoms. The summed E-state index contributed by atoms with van der Waals surface area (Å²) in [6, 6.07) is 11.9. The lowest BCUT2D eigenvalue weighted by molar-refractivity contribution is -0.123. The van der Waals surface area contributed by atoms with E-state index in [1.807, 2.05) is 0 Å². The van der Waals surface area contributed by atoms with Gasteiger partial charge in [0.25, 0.3) is 0 Å². The van der Waals surface area contributed by atoms with Gasteiger partial charge in [-0.2, -0.15) is 0 Å². The van der Waals surface area contributed by atoms with E-state index in [4.69, 9.17) is 9.47 Å². The van der Waals surface area contributed by atoms with Gasteiger partial charge in [-0.05, 0) is 42.0 Å². The molecule has 3 amide bonds. The van der Waals surface area contributed by atoms with Crippen LogP contribution in [-0.2, 0) is 20.8 Å². The number of hydrogen-bond acceptors (Lipinski definition) is 5. The Kier molecular flexibility index (Phi) is 7.38. The minimum absolute atomic E-state index is 0.110. The fraction of sp³-hybridized carbons (Fsp3) is 0.250. The fourth-order valence-corrected chi connectivity index (χ4v) is 2.46. The summed E-state index contributed by atoms with van der Waals surface area (Å²) in [6.07, 6.45) is 0.110. The van der Waals surface area contributed by atoms with Gasteiger partial charge in [0.05, 0.1) is 27.2 Å². The lowest BCUT2D eigenvalue weighted by Crippen LogP contribution is -2.33. The molecule has 2 rings (SSSR count). The number of amides is 3. The third kappa shape index (κ3) is 6.31. The number of ether oxygens (including phenoxy) is 2. The molecular formula is C20H23N3O5. The van der Waals surface area contributed by atoms with E-state index in [1.54, 1.807) is 42.5 Å². The molecule has 8 nitrogen and oxygen atoms in total. The van der Waals surface area contributed by atoms with Crippen molar-refractivity contribution in [3.05, 3.63) is 48.0 Å². The third-order valence-electron chi connectivity index (χ3n) is 3.75. The van der Waals surface area contributed by atoms with Crippen molar-refractivity contribution in [3.63, 3.8) is 0 Å². The van der Waals surface area contributed by atoms with Crippen LogP contribution < -0.4 is 25.4 Å². The minimum Gasteiger partial charge on any atom is -0.493 e. The Balaban J connectivity index is 1.82. The summed E-state index contributed by atoms with van der Waals surface area (Å²) in [7, 11) is 3.06. The molecular weight excluding hydrogens is 362 g/mol. The Morgan fingerprint density at radius 1 is 0.821 bits per heavy atom. The maximum absolute atomic E-state index is 12.1. The number of carbonyl (C=O) groups is 3. The highest BCUT2D eigenvalue weighted by Gasteiger charge is 2.10. The molecule has 0 atom stereocenters. The summed E-state index contributed by atoms with van der Waals surface area (Å²) in [5.41, 5.74) is 1.94. The largest absolute Gasteiger partial charge is 0.493 e. The molecule has 0 aliphatic heterocycles. The number of benzene rings is 2. The maximum Gasteiger partial charge on any atom is 0.243 e. The molecule has 0 fully saturated rings. The standard InChI is InChI=1S/C20H23N3O5/c1-13(24)22-15-5-7-16(8-6-15)23-20(26)12-21-19(25)11-14-4-9-17(27-2)18(10-14)28-3/h4-10H,11-12H2,1-3H3,(H,21,25)(H,22,24)(H,23,26). The van der Waals surface area contributed by atoms with Gasteiger partial charge in [-0.25, -0.2) is 0 Å². The summed E-state index contributed by atoms with van der Waals surface area (Å²) in [6.45, 7) is 1.26. The zero-order chi connectivity index (χ0) is 20.5. The number of nitrogens with one attached hydrogen (secondary N) is 3. The van der Waals surface area contributed by atoms with Gasteiger partial charge in [0.15, 0.2) is 11.5 Å². The molecule has 2 aromatic carbocycles. The van der Waals surface area contributed by atoms with Crippen molar-refractivity contribution < 1.29 is 23.9 Å². The second-order valence-electron chi connectivity index (χ2n) is 5.95. The second kappa shape index (κ2) is 9.96. The molecule has 0 unspecified atom stereocenters. The molecule has 0 bridgehead atoms. The number of hydrogen-bond donors (Lipinski definition) is 3. The summed E-state index contributed by atoms with van der Waals surface area (Å²) in [5, 5.41) is 7.89. The molecule has 0 aliphatic rings. The van der Waals surface area contributed by atoms with Gasteiger partial charge in [-0.1, -0.05) is 6.07 Å². The highest BCUT2D eigenvalue weighted by molar-refractivity contribution is 5.95. The predicted octanol–water partition coefficient (Wildman–Crippen LogP) is 1.96. The van der Waals surface area contributed by atoms with Gasteiger partial charge in [0.2, 0.25) is 17.7 Å². The normalized spacial score (nSPS) is 9.96. The zero-order valence-electron chi connectivity index (χ0n) is 16.0. The Bertz CT molecular complexity index is 849. The monoisotopic (exact) mass is 385 g/mol. The van der Waals surface area contributed by atoms with Crippen molar-refractivity contribution >= 4 is 29.1 Å². The third-order valence-corrected chi connectivity index (χ3v) is 3.75. The number of anilines is 2. The first-order valence-corrected chi connectivity index (χ1v) is 8.56. The van der Waals surface area contributed by atoms with Crippen LogP contribution in [0.3, 0.4) is 0 Å². The Morgan fingerprint density at radius 2 is 1.43 bits per heavy atom. The maximum atomic E-state index is 12.1. The van der Waals surface area contributed by atoms with E-state index in [2.05, 4.69) is 16.0 Å². The van der Waals surface area contributed by atoms with Gasteiger partial charge in [-0.15, -0.1) is 0 Å². The first kappa shape index (κ1) is 20.8. The molecule has 0 aromatic heterocycles. The topological polar surface area (TPSA) is 106 Å². The highest BCUT2D eigenvalue weighted by atomic mass is 16.5. The van der Waals surface area contributed by atoms with Crippen molar-refractivity contribution in [1.82, 2.24) is 5.32 Å². The van der Waals surface area contributed by atoms with Crippen molar-refractivity contribution in [2.75, 3.05) is 31.4 Å². The van der Waals surface area contributed by atoms with Gasteiger partial charge in [0, 0.05) is 18.3 Å². The molecule has 0 aliphatic carbocycles. The molecule has 148 valence electrons. The lowest BCUT2D eigenvalue weighted by atomic mass is 10.1. The van der Waals surface area contributed by atoms with Crippen molar-refractivity contribution in [2.45, 2.75) is 13.3 Å². The van der Waals surface area contributed by atoms with Crippen LogP contribution in [0.4, 0.5) is 11.4 Å². The minimum atomic E-state index is -0.354. The van der Waals surface area contributed by atoms with E-state index in [9.17, 15) is 14.4 Å².